The van der Waals surface area contributed by atoms with E-state index in [9.17, 15) is 4.79 Å². The molecular weight excluding hydrogens is 186 g/mol. The van der Waals surface area contributed by atoms with E-state index in [1.807, 2.05) is 6.07 Å². The van der Waals surface area contributed by atoms with Gasteiger partial charge in [0.25, 0.3) is 5.82 Å². The molecular formula is C8H9N3O3. The molecule has 0 saturated heterocycles. The smallest absolute Gasteiger partial charge is 0.377 e. The first-order valence-electron chi connectivity index (χ1n) is 4.09. The van der Waals surface area contributed by atoms with Crippen molar-refractivity contribution in [3.63, 3.8) is 0 Å². The zero-order chi connectivity index (χ0) is 10.6. The fourth-order valence-corrected chi connectivity index (χ4v) is 0.927. The first-order valence-corrected chi connectivity index (χ1v) is 4.09. The Morgan fingerprint density at radius 2 is 2.50 bits per heavy atom. The molecule has 1 unspecified atom stereocenters. The molecule has 0 saturated carbocycles. The van der Waals surface area contributed by atoms with Crippen molar-refractivity contribution >= 4 is 5.97 Å². The molecule has 0 aromatic carbocycles. The molecule has 0 radical (unpaired) electrons. The van der Waals surface area contributed by atoms with Crippen LogP contribution in [0.4, 0.5) is 0 Å². The van der Waals surface area contributed by atoms with Gasteiger partial charge in [0.05, 0.1) is 6.07 Å². The molecule has 6 nitrogen and oxygen atoms in total. The summed E-state index contributed by atoms with van der Waals surface area (Å²) in [4.78, 5) is 14.1. The maximum atomic E-state index is 10.4. The van der Waals surface area contributed by atoms with Gasteiger partial charge in [-0.3, -0.25) is 0 Å². The van der Waals surface area contributed by atoms with Crippen LogP contribution in [-0.4, -0.2) is 21.2 Å². The van der Waals surface area contributed by atoms with Crippen LogP contribution >= 0.6 is 0 Å². The second kappa shape index (κ2) is 4.37. The minimum atomic E-state index is -1.22. The summed E-state index contributed by atoms with van der Waals surface area (Å²) in [6, 6.07) is 1.99. The SMILES string of the molecule is CC(CCC#N)c1nc(C(=O)O)no1. The molecule has 0 fully saturated rings. The Balaban J connectivity index is 2.67. The predicted molar refractivity (Wildman–Crippen MR) is 44.5 cm³/mol. The average Bonchev–Trinajstić information content (AvgIpc) is 2.62. The van der Waals surface area contributed by atoms with E-state index < -0.39 is 5.97 Å². The topological polar surface area (TPSA) is 100 Å². The average molecular weight is 195 g/mol. The van der Waals surface area contributed by atoms with Crippen LogP contribution in [0.5, 0.6) is 0 Å². The molecule has 1 N–H and O–H groups in total. The Kier molecular flexibility index (Phi) is 3.18. The van der Waals surface area contributed by atoms with Crippen molar-refractivity contribution in [3.05, 3.63) is 11.7 Å². The Hall–Kier alpha value is -1.90. The van der Waals surface area contributed by atoms with Crippen LogP contribution in [0.3, 0.4) is 0 Å². The van der Waals surface area contributed by atoms with E-state index in [-0.39, 0.29) is 17.6 Å². The highest BCUT2D eigenvalue weighted by Gasteiger charge is 2.17. The van der Waals surface area contributed by atoms with Gasteiger partial charge >= 0.3 is 5.97 Å². The minimum absolute atomic E-state index is 0.0877. The van der Waals surface area contributed by atoms with E-state index >= 15 is 0 Å². The summed E-state index contributed by atoms with van der Waals surface area (Å²) in [6.07, 6.45) is 0.962. The normalized spacial score (nSPS) is 12.0. The summed E-state index contributed by atoms with van der Waals surface area (Å²) in [7, 11) is 0. The largest absolute Gasteiger partial charge is 0.475 e. The fraction of sp³-hybridized carbons (Fsp3) is 0.500. The molecule has 6 heteroatoms. The van der Waals surface area contributed by atoms with Crippen molar-refractivity contribution in [2.45, 2.75) is 25.7 Å². The van der Waals surface area contributed by atoms with E-state index in [1.165, 1.54) is 0 Å². The lowest BCUT2D eigenvalue weighted by atomic mass is 10.1. The molecule has 1 aromatic rings. The molecule has 0 aliphatic heterocycles. The maximum absolute atomic E-state index is 10.4. The van der Waals surface area contributed by atoms with Crippen molar-refractivity contribution in [2.24, 2.45) is 0 Å². The summed E-state index contributed by atoms with van der Waals surface area (Å²) in [5, 5.41) is 20.1. The molecule has 1 heterocycles. The van der Waals surface area contributed by atoms with Crippen molar-refractivity contribution in [1.29, 1.82) is 5.26 Å². The van der Waals surface area contributed by atoms with Gasteiger partial charge in [-0.05, 0) is 11.6 Å². The zero-order valence-corrected chi connectivity index (χ0v) is 7.60. The number of aromatic nitrogens is 2. The number of hydrogen-bond donors (Lipinski definition) is 1. The van der Waals surface area contributed by atoms with Gasteiger partial charge < -0.3 is 9.63 Å². The molecule has 1 atom stereocenters. The quantitative estimate of drug-likeness (QED) is 0.774. The first-order chi connectivity index (χ1) is 6.65. The van der Waals surface area contributed by atoms with Gasteiger partial charge in [0.2, 0.25) is 5.89 Å². The standard InChI is InChI=1S/C8H9N3O3/c1-5(3-2-4-9)7-10-6(8(12)13)11-14-7/h5H,2-3H2,1H3,(H,12,13). The maximum Gasteiger partial charge on any atom is 0.377 e. The van der Waals surface area contributed by atoms with Crippen LogP contribution in [0.1, 0.15) is 42.2 Å². The van der Waals surface area contributed by atoms with Gasteiger partial charge in [0.15, 0.2) is 0 Å². The third-order valence-corrected chi connectivity index (χ3v) is 1.74. The second-order valence-corrected chi connectivity index (χ2v) is 2.86. The molecule has 0 bridgehead atoms. The molecule has 74 valence electrons. The van der Waals surface area contributed by atoms with E-state index in [1.54, 1.807) is 6.92 Å². The van der Waals surface area contributed by atoms with Gasteiger partial charge in [-0.15, -0.1) is 0 Å². The Morgan fingerprint density at radius 3 is 3.00 bits per heavy atom. The van der Waals surface area contributed by atoms with E-state index in [2.05, 4.69) is 10.1 Å². The number of carbonyl (C=O) groups is 1. The zero-order valence-electron chi connectivity index (χ0n) is 7.60. The van der Waals surface area contributed by atoms with E-state index in [0.29, 0.717) is 12.8 Å². The van der Waals surface area contributed by atoms with Crippen LogP contribution in [0.25, 0.3) is 0 Å². The summed E-state index contributed by atoms with van der Waals surface area (Å²) >= 11 is 0. The lowest BCUT2D eigenvalue weighted by molar-refractivity contribution is 0.0680. The highest BCUT2D eigenvalue weighted by molar-refractivity contribution is 5.82. The third-order valence-electron chi connectivity index (χ3n) is 1.74. The van der Waals surface area contributed by atoms with Gasteiger partial charge in [-0.25, -0.2) is 4.79 Å². The van der Waals surface area contributed by atoms with Gasteiger partial charge in [-0.2, -0.15) is 10.2 Å². The number of carboxylic acids is 1. The van der Waals surface area contributed by atoms with Crippen molar-refractivity contribution < 1.29 is 14.4 Å². The van der Waals surface area contributed by atoms with Crippen LogP contribution in [0.2, 0.25) is 0 Å². The van der Waals surface area contributed by atoms with Crippen LogP contribution in [0, 0.1) is 11.3 Å². The van der Waals surface area contributed by atoms with Gasteiger partial charge in [0, 0.05) is 12.3 Å². The molecule has 0 aliphatic carbocycles. The number of nitriles is 1. The number of hydrogen-bond acceptors (Lipinski definition) is 5. The third kappa shape index (κ3) is 2.29. The van der Waals surface area contributed by atoms with E-state index in [4.69, 9.17) is 14.9 Å². The number of carboxylic acid groups (broad SMARTS) is 1. The lowest BCUT2D eigenvalue weighted by Crippen LogP contribution is -2.00. The van der Waals surface area contributed by atoms with E-state index in [0.717, 1.165) is 0 Å². The molecule has 0 amide bonds. The highest BCUT2D eigenvalue weighted by Crippen LogP contribution is 2.17. The molecule has 0 aliphatic rings. The monoisotopic (exact) mass is 195 g/mol. The van der Waals surface area contributed by atoms with Crippen LogP contribution < -0.4 is 0 Å². The summed E-state index contributed by atoms with van der Waals surface area (Å²) in [5.74, 6) is -1.39. The fourth-order valence-electron chi connectivity index (χ4n) is 0.927. The predicted octanol–water partition coefficient (Wildman–Crippen LogP) is 1.18. The Labute approximate surface area is 80.2 Å². The Morgan fingerprint density at radius 1 is 1.79 bits per heavy atom. The van der Waals surface area contributed by atoms with Crippen LogP contribution in [0.15, 0.2) is 4.52 Å². The summed E-state index contributed by atoms with van der Waals surface area (Å²) < 4.78 is 4.73. The lowest BCUT2D eigenvalue weighted by Gasteiger charge is -2.00. The Bertz CT molecular complexity index is 366. The second-order valence-electron chi connectivity index (χ2n) is 2.86. The van der Waals surface area contributed by atoms with Crippen molar-refractivity contribution in [2.75, 3.05) is 0 Å². The van der Waals surface area contributed by atoms with Crippen molar-refractivity contribution in [3.8, 4) is 6.07 Å². The van der Waals surface area contributed by atoms with Crippen molar-refractivity contribution in [1.82, 2.24) is 10.1 Å². The number of nitrogens with zero attached hydrogens (tertiary/aromatic N) is 3. The number of aromatic carboxylic acids is 1. The highest BCUT2D eigenvalue weighted by atomic mass is 16.5. The van der Waals surface area contributed by atoms with Gasteiger partial charge in [0.1, 0.15) is 0 Å². The molecule has 0 spiro atoms. The number of rotatable bonds is 4. The molecule has 1 rings (SSSR count). The van der Waals surface area contributed by atoms with Gasteiger partial charge in [-0.1, -0.05) is 6.92 Å². The van der Waals surface area contributed by atoms with Crippen LogP contribution in [-0.2, 0) is 0 Å². The first kappa shape index (κ1) is 10.2. The minimum Gasteiger partial charge on any atom is -0.475 e. The molecule has 1 aromatic heterocycles. The molecule has 14 heavy (non-hydrogen) atoms. The summed E-state index contributed by atoms with van der Waals surface area (Å²) in [6.45, 7) is 1.80. The summed E-state index contributed by atoms with van der Waals surface area (Å²) in [5.41, 5.74) is 0.